The van der Waals surface area contributed by atoms with E-state index in [2.05, 4.69) is 4.90 Å². The molecule has 0 aromatic carbocycles. The summed E-state index contributed by atoms with van der Waals surface area (Å²) in [6.45, 7) is 4.29. The summed E-state index contributed by atoms with van der Waals surface area (Å²) in [6.07, 6.45) is 2.32. The maximum Gasteiger partial charge on any atom is 0.312 e. The van der Waals surface area contributed by atoms with Crippen LogP contribution >= 0.6 is 0 Å². The van der Waals surface area contributed by atoms with Crippen LogP contribution in [-0.4, -0.2) is 59.5 Å². The third-order valence-corrected chi connectivity index (χ3v) is 3.24. The molecule has 0 atom stereocenters. The topological polar surface area (TPSA) is 60.9 Å². The van der Waals surface area contributed by atoms with Gasteiger partial charge in [-0.2, -0.15) is 0 Å². The van der Waals surface area contributed by atoms with Crippen molar-refractivity contribution < 1.29 is 14.7 Å². The number of nitrogens with zero attached hydrogens (tertiary/aromatic N) is 2. The highest BCUT2D eigenvalue weighted by Crippen LogP contribution is 2.29. The quantitative estimate of drug-likeness (QED) is 0.686. The average molecular weight is 226 g/mol. The zero-order valence-corrected chi connectivity index (χ0v) is 9.39. The van der Waals surface area contributed by atoms with Gasteiger partial charge in [-0.1, -0.05) is 0 Å². The van der Waals surface area contributed by atoms with Crippen molar-refractivity contribution in [1.82, 2.24) is 9.80 Å². The molecule has 5 heteroatoms. The fourth-order valence-electron chi connectivity index (χ4n) is 2.09. The first kappa shape index (κ1) is 11.4. The standard InChI is InChI=1S/C11H18N2O3/c14-10(7-11(15)16)13-5-3-12(4-6-13)8-9-1-2-9/h9H,1-8H2,(H,15,16). The summed E-state index contributed by atoms with van der Waals surface area (Å²) in [5, 5.41) is 8.54. The normalized spacial score (nSPS) is 22.1. The monoisotopic (exact) mass is 226 g/mol. The first-order valence-electron chi connectivity index (χ1n) is 5.87. The molecule has 0 radical (unpaired) electrons. The Balaban J connectivity index is 1.71. The molecule has 0 spiro atoms. The molecule has 1 saturated carbocycles. The molecule has 90 valence electrons. The van der Waals surface area contributed by atoms with E-state index in [0.717, 1.165) is 25.6 Å². The van der Waals surface area contributed by atoms with E-state index in [4.69, 9.17) is 5.11 Å². The molecule has 5 nitrogen and oxygen atoms in total. The Bertz CT molecular complexity index is 281. The number of hydrogen-bond acceptors (Lipinski definition) is 3. The third-order valence-electron chi connectivity index (χ3n) is 3.24. The van der Waals surface area contributed by atoms with Gasteiger partial charge in [-0.15, -0.1) is 0 Å². The first-order chi connectivity index (χ1) is 7.65. The molecular formula is C11H18N2O3. The number of hydrogen-bond donors (Lipinski definition) is 1. The zero-order valence-electron chi connectivity index (χ0n) is 9.39. The lowest BCUT2D eigenvalue weighted by molar-refractivity contribution is -0.145. The Labute approximate surface area is 95.0 Å². The minimum Gasteiger partial charge on any atom is -0.481 e. The van der Waals surface area contributed by atoms with Gasteiger partial charge in [-0.3, -0.25) is 14.5 Å². The predicted molar refractivity (Wildman–Crippen MR) is 58.0 cm³/mol. The van der Waals surface area contributed by atoms with Crippen LogP contribution in [0, 0.1) is 5.92 Å². The van der Waals surface area contributed by atoms with Crippen LogP contribution < -0.4 is 0 Å². The molecular weight excluding hydrogens is 208 g/mol. The van der Waals surface area contributed by atoms with Gasteiger partial charge in [-0.05, 0) is 18.8 Å². The minimum atomic E-state index is -1.04. The van der Waals surface area contributed by atoms with Gasteiger partial charge < -0.3 is 10.0 Å². The van der Waals surface area contributed by atoms with E-state index in [0.29, 0.717) is 13.1 Å². The van der Waals surface area contributed by atoms with Crippen molar-refractivity contribution in [2.24, 2.45) is 5.92 Å². The summed E-state index contributed by atoms with van der Waals surface area (Å²) in [5.74, 6) is -0.412. The lowest BCUT2D eigenvalue weighted by atomic mass is 10.2. The Morgan fingerprint density at radius 2 is 1.75 bits per heavy atom. The van der Waals surface area contributed by atoms with E-state index in [1.807, 2.05) is 0 Å². The van der Waals surface area contributed by atoms with Gasteiger partial charge in [0.15, 0.2) is 0 Å². The molecule has 0 bridgehead atoms. The van der Waals surface area contributed by atoms with Gasteiger partial charge in [0, 0.05) is 32.7 Å². The Hall–Kier alpha value is -1.10. The number of aliphatic carboxylic acids is 1. The lowest BCUT2D eigenvalue weighted by Gasteiger charge is -2.34. The van der Waals surface area contributed by atoms with E-state index in [1.165, 1.54) is 12.8 Å². The highest BCUT2D eigenvalue weighted by Gasteiger charge is 2.27. The number of carboxylic acids is 1. The molecule has 1 saturated heterocycles. The molecule has 2 aliphatic rings. The van der Waals surface area contributed by atoms with Crippen molar-refractivity contribution in [3.63, 3.8) is 0 Å². The Morgan fingerprint density at radius 1 is 1.12 bits per heavy atom. The molecule has 0 unspecified atom stereocenters. The smallest absolute Gasteiger partial charge is 0.312 e. The van der Waals surface area contributed by atoms with Gasteiger partial charge in [-0.25, -0.2) is 0 Å². The predicted octanol–water partition coefficient (Wildman–Crippen LogP) is 0.0153. The molecule has 1 aliphatic carbocycles. The van der Waals surface area contributed by atoms with E-state index in [9.17, 15) is 9.59 Å². The molecule has 16 heavy (non-hydrogen) atoms. The van der Waals surface area contributed by atoms with Crippen molar-refractivity contribution in [2.75, 3.05) is 32.7 Å². The average Bonchev–Trinajstić information content (AvgIpc) is 3.01. The number of carbonyl (C=O) groups excluding carboxylic acids is 1. The summed E-state index contributed by atoms with van der Waals surface area (Å²) in [7, 11) is 0. The van der Waals surface area contributed by atoms with Crippen LogP contribution in [0.2, 0.25) is 0 Å². The van der Waals surface area contributed by atoms with E-state index >= 15 is 0 Å². The van der Waals surface area contributed by atoms with E-state index < -0.39 is 5.97 Å². The van der Waals surface area contributed by atoms with Crippen LogP contribution in [-0.2, 0) is 9.59 Å². The number of carboxylic acid groups (broad SMARTS) is 1. The second-order valence-electron chi connectivity index (χ2n) is 4.70. The molecule has 1 heterocycles. The van der Waals surface area contributed by atoms with Crippen molar-refractivity contribution in [3.05, 3.63) is 0 Å². The summed E-state index contributed by atoms with van der Waals surface area (Å²) < 4.78 is 0. The Kier molecular flexibility index (Phi) is 3.43. The maximum absolute atomic E-state index is 11.5. The molecule has 0 aromatic heterocycles. The van der Waals surface area contributed by atoms with E-state index in [-0.39, 0.29) is 12.3 Å². The zero-order chi connectivity index (χ0) is 11.5. The summed E-state index contributed by atoms with van der Waals surface area (Å²) in [6, 6.07) is 0. The molecule has 2 rings (SSSR count). The largest absolute Gasteiger partial charge is 0.481 e. The van der Waals surface area contributed by atoms with Crippen LogP contribution in [0.4, 0.5) is 0 Å². The number of amides is 1. The van der Waals surface area contributed by atoms with Crippen molar-refractivity contribution in [2.45, 2.75) is 19.3 Å². The Morgan fingerprint density at radius 3 is 2.25 bits per heavy atom. The van der Waals surface area contributed by atoms with Crippen molar-refractivity contribution >= 4 is 11.9 Å². The van der Waals surface area contributed by atoms with Gasteiger partial charge in [0.05, 0.1) is 0 Å². The fraction of sp³-hybridized carbons (Fsp3) is 0.818. The van der Waals surface area contributed by atoms with Crippen LogP contribution in [0.3, 0.4) is 0 Å². The van der Waals surface area contributed by atoms with Crippen LogP contribution in [0.15, 0.2) is 0 Å². The summed E-state index contributed by atoms with van der Waals surface area (Å²) in [4.78, 5) is 25.9. The third kappa shape index (κ3) is 3.20. The van der Waals surface area contributed by atoms with Gasteiger partial charge in [0.2, 0.25) is 5.91 Å². The van der Waals surface area contributed by atoms with E-state index in [1.54, 1.807) is 4.90 Å². The second kappa shape index (κ2) is 4.82. The fourth-order valence-corrected chi connectivity index (χ4v) is 2.09. The van der Waals surface area contributed by atoms with Gasteiger partial charge >= 0.3 is 5.97 Å². The molecule has 2 fully saturated rings. The summed E-state index contributed by atoms with van der Waals surface area (Å²) >= 11 is 0. The summed E-state index contributed by atoms with van der Waals surface area (Å²) in [5.41, 5.74) is 0. The number of rotatable bonds is 4. The molecule has 1 aliphatic heterocycles. The van der Waals surface area contributed by atoms with Crippen LogP contribution in [0.25, 0.3) is 0 Å². The number of carbonyl (C=O) groups is 2. The highest BCUT2D eigenvalue weighted by atomic mass is 16.4. The van der Waals surface area contributed by atoms with Crippen LogP contribution in [0.5, 0.6) is 0 Å². The van der Waals surface area contributed by atoms with Gasteiger partial charge in [0.1, 0.15) is 6.42 Å². The molecule has 1 N–H and O–H groups in total. The van der Waals surface area contributed by atoms with Gasteiger partial charge in [0.25, 0.3) is 0 Å². The van der Waals surface area contributed by atoms with Crippen LogP contribution in [0.1, 0.15) is 19.3 Å². The number of piperazine rings is 1. The highest BCUT2D eigenvalue weighted by molar-refractivity contribution is 5.93. The SMILES string of the molecule is O=C(O)CC(=O)N1CCN(CC2CC2)CC1. The minimum absolute atomic E-state index is 0.251. The first-order valence-corrected chi connectivity index (χ1v) is 5.87. The second-order valence-corrected chi connectivity index (χ2v) is 4.70. The van der Waals surface area contributed by atoms with Crippen molar-refractivity contribution in [3.8, 4) is 0 Å². The molecule has 1 amide bonds. The maximum atomic E-state index is 11.5. The molecule has 0 aromatic rings. The van der Waals surface area contributed by atoms with Crippen molar-refractivity contribution in [1.29, 1.82) is 0 Å². The lowest BCUT2D eigenvalue weighted by Crippen LogP contribution is -2.49.